The van der Waals surface area contributed by atoms with Crippen molar-refractivity contribution in [1.29, 1.82) is 0 Å². The fourth-order valence-corrected chi connectivity index (χ4v) is 16.9. The maximum atomic E-state index is 13.6. The van der Waals surface area contributed by atoms with Gasteiger partial charge < -0.3 is 41.7 Å². The van der Waals surface area contributed by atoms with Crippen LogP contribution in [0.4, 0.5) is 4.79 Å². The molecule has 0 saturated carbocycles. The van der Waals surface area contributed by atoms with Gasteiger partial charge in [-0.2, -0.15) is 0 Å². The molecule has 6 amide bonds. The zero-order valence-electron chi connectivity index (χ0n) is 75.2. The predicted molar refractivity (Wildman–Crippen MR) is 479 cm³/mol. The molecule has 0 aromatic carbocycles. The van der Waals surface area contributed by atoms with E-state index >= 15 is 0 Å². The van der Waals surface area contributed by atoms with Crippen LogP contribution in [0, 0.1) is 0 Å². The van der Waals surface area contributed by atoms with Gasteiger partial charge in [-0.1, -0.05) is 414 Å². The van der Waals surface area contributed by atoms with Crippen LogP contribution in [0.5, 0.6) is 0 Å². The summed E-state index contributed by atoms with van der Waals surface area (Å²) in [6.45, 7) is 11.7. The van der Waals surface area contributed by atoms with E-state index in [0.29, 0.717) is 51.4 Å². The van der Waals surface area contributed by atoms with Crippen LogP contribution >= 0.6 is 15.6 Å². The largest absolute Gasteiger partial charge is 0.472 e. The Kier molecular flexibility index (Phi) is 83.4. The number of phosphoric acid groups is 2. The first kappa shape index (κ1) is 111. The molecule has 0 spiro atoms. The number of carbonyl (C=O) groups is 5. The molecule has 0 saturated heterocycles. The molecule has 4 unspecified atom stereocenters. The van der Waals surface area contributed by atoms with Crippen molar-refractivity contribution in [1.82, 2.24) is 31.9 Å². The Hall–Kier alpha value is -2.63. The maximum Gasteiger partial charge on any atom is 0.472 e. The SMILES string of the molecule is CCCCCCCCCCCCCC(=O)N[C@H](CCC(CCCCCCCCCCCCC)NC(=O)CCCCCCCCCCC)COP(=O)(O)OCCNC(=O)NCCOP(=O)(O)OC[C@@H](CCC(CCCCCCCCCCCCC)NC(=O)CCCCCCCCCCC)NC(=O)CCCCCCCCCCCCC. The molecule has 8 N–H and O–H groups in total. The number of unbranched alkanes of at least 4 members (excludes halogenated alkanes) is 56. The van der Waals surface area contributed by atoms with E-state index in [9.17, 15) is 42.9 Å². The second kappa shape index (κ2) is 85.4. The molecule has 0 aliphatic carbocycles. The standard InChI is InChI=1S/C93H186N6O13P2/c1-7-13-19-25-31-37-41-47-51-57-63-69-85(96-89(100)71-65-59-53-45-35-29-23-17-11-5)75-77-87(98-91(102)73-67-61-55-49-43-39-33-27-21-15-9-3)83-111-113(105,106)109-81-79-94-93(104)95-80-82-110-114(107,108)112-84-88(99-92(103)74-68-62-56-50-44-40-34-28-22-16-10-4)78-76-86(70-64-58-52-48-42-38-32-26-20-14-8-2)97-90(101)72-66-60-54-46-36-30-24-18-12-6/h85-88H,7-84H2,1-6H3,(H,96,100)(H,97,101)(H,98,102)(H,99,103)(H,105,106)(H,107,108)(H2,94,95,104)/t85?,86?,87-,88-/m1/s1. The Balaban J connectivity index is 5.92. The van der Waals surface area contributed by atoms with Crippen molar-refractivity contribution in [3.63, 3.8) is 0 Å². The summed E-state index contributed by atoms with van der Waals surface area (Å²) in [5, 5.41) is 18.0. The Labute approximate surface area is 702 Å². The predicted octanol–water partition coefficient (Wildman–Crippen LogP) is 26.7. The lowest BCUT2D eigenvalue weighted by Crippen LogP contribution is -2.41. The average molecular weight is 1660 g/mol. The Morgan fingerprint density at radius 3 is 0.623 bits per heavy atom. The van der Waals surface area contributed by atoms with E-state index < -0.39 is 33.8 Å². The number of carbonyl (C=O) groups excluding carboxylic acids is 5. The van der Waals surface area contributed by atoms with Crippen molar-refractivity contribution < 1.29 is 61.0 Å². The average Bonchev–Trinajstić information content (AvgIpc) is 0.906. The monoisotopic (exact) mass is 1660 g/mol. The molecule has 0 radical (unpaired) electrons. The number of urea groups is 1. The summed E-state index contributed by atoms with van der Waals surface area (Å²) in [5.74, 6) is -0.222. The molecule has 0 aliphatic rings. The molecule has 0 heterocycles. The molecule has 0 aliphatic heterocycles. The van der Waals surface area contributed by atoms with Crippen molar-refractivity contribution in [2.45, 2.75) is 528 Å². The highest BCUT2D eigenvalue weighted by Gasteiger charge is 2.28. The molecule has 19 nitrogen and oxygen atoms in total. The molecule has 0 bridgehead atoms. The summed E-state index contributed by atoms with van der Waals surface area (Å²) in [5.41, 5.74) is 0. The van der Waals surface area contributed by atoms with Gasteiger partial charge in [0, 0.05) is 50.9 Å². The maximum absolute atomic E-state index is 13.6. The van der Waals surface area contributed by atoms with Gasteiger partial charge in [0.25, 0.3) is 0 Å². The smallest absolute Gasteiger partial charge is 0.353 e. The highest BCUT2D eigenvalue weighted by Crippen LogP contribution is 2.44. The summed E-state index contributed by atoms with van der Waals surface area (Å²) in [6, 6.07) is -2.19. The third-order valence-electron chi connectivity index (χ3n) is 22.7. The Morgan fingerprint density at radius 1 is 0.237 bits per heavy atom. The third kappa shape index (κ3) is 81.7. The molecule has 0 aromatic heterocycles. The molecule has 21 heteroatoms. The topological polar surface area (TPSA) is 269 Å². The summed E-state index contributed by atoms with van der Waals surface area (Å²) in [6.07, 6.45) is 78.8. The molecule has 0 aromatic rings. The van der Waals surface area contributed by atoms with Gasteiger partial charge >= 0.3 is 21.7 Å². The van der Waals surface area contributed by atoms with Gasteiger partial charge in [-0.3, -0.25) is 37.3 Å². The van der Waals surface area contributed by atoms with Gasteiger partial charge in [0.15, 0.2) is 0 Å². The van der Waals surface area contributed by atoms with E-state index in [1.807, 2.05) is 0 Å². The zero-order valence-corrected chi connectivity index (χ0v) is 77.0. The molecular weight excluding hydrogens is 1470 g/mol. The lowest BCUT2D eigenvalue weighted by Gasteiger charge is -2.24. The first-order valence-corrected chi connectivity index (χ1v) is 51.9. The molecular formula is C93H186N6O13P2. The minimum atomic E-state index is -4.68. The van der Waals surface area contributed by atoms with Crippen molar-refractivity contribution in [3.8, 4) is 0 Å². The number of hydrogen-bond acceptors (Lipinski definition) is 11. The molecule has 6 atom stereocenters. The number of nitrogens with one attached hydrogen (secondary N) is 6. The van der Waals surface area contributed by atoms with E-state index in [2.05, 4.69) is 73.4 Å². The van der Waals surface area contributed by atoms with Crippen molar-refractivity contribution >= 4 is 45.3 Å². The van der Waals surface area contributed by atoms with Crippen LogP contribution in [0.2, 0.25) is 0 Å². The van der Waals surface area contributed by atoms with Crippen LogP contribution in [0.25, 0.3) is 0 Å². The fraction of sp³-hybridized carbons (Fsp3) is 0.946. The quantitative estimate of drug-likeness (QED) is 0.0208. The van der Waals surface area contributed by atoms with Gasteiger partial charge in [0.1, 0.15) is 0 Å². The zero-order chi connectivity index (χ0) is 83.4. The minimum absolute atomic E-state index is 0.0413. The van der Waals surface area contributed by atoms with Gasteiger partial charge in [0.05, 0.1) is 38.5 Å². The summed E-state index contributed by atoms with van der Waals surface area (Å²) in [7, 11) is -9.37. The summed E-state index contributed by atoms with van der Waals surface area (Å²) >= 11 is 0. The number of amides is 6. The van der Waals surface area contributed by atoms with Gasteiger partial charge in [-0.25, -0.2) is 13.9 Å². The van der Waals surface area contributed by atoms with Crippen LogP contribution < -0.4 is 31.9 Å². The van der Waals surface area contributed by atoms with Crippen molar-refractivity contribution in [3.05, 3.63) is 0 Å². The molecule has 676 valence electrons. The minimum Gasteiger partial charge on any atom is -0.353 e. The van der Waals surface area contributed by atoms with Crippen molar-refractivity contribution in [2.24, 2.45) is 0 Å². The molecule has 0 fully saturated rings. The van der Waals surface area contributed by atoms with E-state index in [1.165, 1.54) is 270 Å². The first-order chi connectivity index (χ1) is 55.5. The third-order valence-corrected chi connectivity index (χ3v) is 24.7. The lowest BCUT2D eigenvalue weighted by atomic mass is 9.99. The Bertz CT molecular complexity index is 2090. The lowest BCUT2D eigenvalue weighted by molar-refractivity contribution is -0.123. The second-order valence-corrected chi connectivity index (χ2v) is 36.9. The number of phosphoric ester groups is 2. The molecule has 0 rings (SSSR count). The number of hydrogen-bond donors (Lipinski definition) is 8. The van der Waals surface area contributed by atoms with E-state index in [0.717, 1.165) is 141 Å². The first-order valence-electron chi connectivity index (χ1n) is 49.0. The van der Waals surface area contributed by atoms with Gasteiger partial charge in [0.2, 0.25) is 23.6 Å². The second-order valence-electron chi connectivity index (χ2n) is 34.0. The van der Waals surface area contributed by atoms with Crippen LogP contribution in [0.15, 0.2) is 0 Å². The van der Waals surface area contributed by atoms with Crippen LogP contribution in [0.3, 0.4) is 0 Å². The van der Waals surface area contributed by atoms with E-state index in [1.54, 1.807) is 0 Å². The van der Waals surface area contributed by atoms with Gasteiger partial charge in [-0.05, 0) is 64.2 Å². The highest BCUT2D eigenvalue weighted by atomic mass is 31.2. The normalized spacial score (nSPS) is 13.8. The summed E-state index contributed by atoms with van der Waals surface area (Å²) < 4.78 is 48.6. The summed E-state index contributed by atoms with van der Waals surface area (Å²) in [4.78, 5) is 89.0. The number of rotatable bonds is 92. The van der Waals surface area contributed by atoms with E-state index in [4.69, 9.17) is 18.1 Å². The molecule has 114 heavy (non-hydrogen) atoms. The van der Waals surface area contributed by atoms with Crippen molar-refractivity contribution in [2.75, 3.05) is 39.5 Å². The van der Waals surface area contributed by atoms with Crippen LogP contribution in [0.1, 0.15) is 504 Å². The van der Waals surface area contributed by atoms with Crippen LogP contribution in [-0.4, -0.2) is 103 Å². The Morgan fingerprint density at radius 2 is 0.412 bits per heavy atom. The van der Waals surface area contributed by atoms with E-state index in [-0.39, 0.29) is 75.2 Å². The highest BCUT2D eigenvalue weighted by molar-refractivity contribution is 7.47. The fourth-order valence-electron chi connectivity index (χ4n) is 15.3. The van der Waals surface area contributed by atoms with Gasteiger partial charge in [-0.15, -0.1) is 0 Å². The van der Waals surface area contributed by atoms with Crippen LogP contribution in [-0.2, 0) is 46.4 Å².